The van der Waals surface area contributed by atoms with Crippen molar-refractivity contribution in [1.82, 2.24) is 9.55 Å². The Balaban J connectivity index is 1.49. The van der Waals surface area contributed by atoms with Gasteiger partial charge in [-0.15, -0.1) is 0 Å². The Bertz CT molecular complexity index is 1440. The minimum Gasteiger partial charge on any atom is -0.375 e. The SMILES string of the molecule is CC1(C)C[C@@H](n2c(SCc3ccc([N+](=O)[O-])cc3)nc3c(c2=O)C2(CCCC2)Cc2ccccc2-3)CCO1. The summed E-state index contributed by atoms with van der Waals surface area (Å²) in [5.41, 5.74) is 4.82. The van der Waals surface area contributed by atoms with Crippen LogP contribution in [0.3, 0.4) is 0 Å². The molecule has 3 aliphatic rings. The standard InChI is InChI=1S/C30H33N3O4S/c1-29(2)18-23(13-16-37-29)32-27(34)25-26(24-8-4-3-7-21(24)17-30(25)14-5-6-15-30)31-28(32)38-19-20-9-11-22(12-10-20)33(35)36/h3-4,7-12,23H,5-6,13-19H2,1-2H3/t23-/m0/s1. The number of benzene rings is 2. The van der Waals surface area contributed by atoms with Crippen LogP contribution < -0.4 is 5.56 Å². The van der Waals surface area contributed by atoms with Crippen LogP contribution in [-0.4, -0.2) is 26.7 Å². The molecule has 198 valence electrons. The highest BCUT2D eigenvalue weighted by Gasteiger charge is 2.45. The lowest BCUT2D eigenvalue weighted by Gasteiger charge is -2.40. The fourth-order valence-electron chi connectivity index (χ4n) is 6.73. The van der Waals surface area contributed by atoms with Gasteiger partial charge in [0, 0.05) is 41.5 Å². The number of aromatic nitrogens is 2. The Hall–Kier alpha value is -2.97. The van der Waals surface area contributed by atoms with Crippen molar-refractivity contribution in [2.24, 2.45) is 0 Å². The van der Waals surface area contributed by atoms with Crippen molar-refractivity contribution in [2.45, 2.75) is 86.8 Å². The second kappa shape index (κ2) is 9.65. The highest BCUT2D eigenvalue weighted by Crippen LogP contribution is 2.50. The summed E-state index contributed by atoms with van der Waals surface area (Å²) in [4.78, 5) is 30.6. The molecule has 1 saturated heterocycles. The minimum atomic E-state index is -0.386. The van der Waals surface area contributed by atoms with Crippen molar-refractivity contribution in [1.29, 1.82) is 0 Å². The van der Waals surface area contributed by atoms with Gasteiger partial charge in [-0.1, -0.05) is 61.0 Å². The summed E-state index contributed by atoms with van der Waals surface area (Å²) in [6.45, 7) is 4.80. The van der Waals surface area contributed by atoms with E-state index < -0.39 is 0 Å². The van der Waals surface area contributed by atoms with Crippen LogP contribution >= 0.6 is 11.8 Å². The molecule has 1 aliphatic heterocycles. The second-order valence-electron chi connectivity index (χ2n) is 11.6. The molecule has 2 aliphatic carbocycles. The molecule has 1 atom stereocenters. The van der Waals surface area contributed by atoms with Crippen LogP contribution in [0.1, 0.15) is 75.1 Å². The van der Waals surface area contributed by atoms with E-state index in [1.807, 2.05) is 10.6 Å². The van der Waals surface area contributed by atoms with Crippen LogP contribution in [0.5, 0.6) is 0 Å². The quantitative estimate of drug-likeness (QED) is 0.159. The van der Waals surface area contributed by atoms with Gasteiger partial charge in [0.15, 0.2) is 5.16 Å². The van der Waals surface area contributed by atoms with Gasteiger partial charge < -0.3 is 4.74 Å². The zero-order chi connectivity index (χ0) is 26.5. The van der Waals surface area contributed by atoms with Crippen molar-refractivity contribution in [3.05, 3.63) is 85.7 Å². The summed E-state index contributed by atoms with van der Waals surface area (Å²) < 4.78 is 7.99. The first-order valence-electron chi connectivity index (χ1n) is 13.5. The zero-order valence-electron chi connectivity index (χ0n) is 21.9. The highest BCUT2D eigenvalue weighted by atomic mass is 32.2. The molecule has 3 aromatic rings. The van der Waals surface area contributed by atoms with E-state index in [4.69, 9.17) is 9.72 Å². The first kappa shape index (κ1) is 25.3. The first-order chi connectivity index (χ1) is 18.3. The number of rotatable bonds is 5. The van der Waals surface area contributed by atoms with Crippen LogP contribution in [0.15, 0.2) is 58.5 Å². The van der Waals surface area contributed by atoms with E-state index >= 15 is 0 Å². The molecule has 0 radical (unpaired) electrons. The van der Waals surface area contributed by atoms with E-state index in [-0.39, 0.29) is 33.2 Å². The Morgan fingerprint density at radius 3 is 2.58 bits per heavy atom. The van der Waals surface area contributed by atoms with E-state index in [2.05, 4.69) is 32.0 Å². The Kier molecular flexibility index (Phi) is 6.43. The molecule has 2 heterocycles. The largest absolute Gasteiger partial charge is 0.375 e. The van der Waals surface area contributed by atoms with E-state index in [1.165, 1.54) is 17.7 Å². The van der Waals surface area contributed by atoms with Crippen molar-refractivity contribution in [3.8, 4) is 11.3 Å². The zero-order valence-corrected chi connectivity index (χ0v) is 22.8. The van der Waals surface area contributed by atoms with Gasteiger partial charge >= 0.3 is 0 Å². The number of fused-ring (bicyclic) bond motifs is 4. The summed E-state index contributed by atoms with van der Waals surface area (Å²) in [5.74, 6) is 0.572. The summed E-state index contributed by atoms with van der Waals surface area (Å²) in [7, 11) is 0. The summed E-state index contributed by atoms with van der Waals surface area (Å²) >= 11 is 1.54. The van der Waals surface area contributed by atoms with Crippen molar-refractivity contribution in [3.63, 3.8) is 0 Å². The van der Waals surface area contributed by atoms with Crippen LogP contribution in [0.25, 0.3) is 11.3 Å². The van der Waals surface area contributed by atoms with Crippen LogP contribution in [0.2, 0.25) is 0 Å². The summed E-state index contributed by atoms with van der Waals surface area (Å²) in [6.07, 6.45) is 6.77. The number of ether oxygens (including phenoxy) is 1. The third kappa shape index (κ3) is 4.47. The monoisotopic (exact) mass is 531 g/mol. The molecule has 2 aromatic carbocycles. The Morgan fingerprint density at radius 1 is 1.13 bits per heavy atom. The van der Waals surface area contributed by atoms with Gasteiger partial charge in [0.1, 0.15) is 0 Å². The first-order valence-corrected chi connectivity index (χ1v) is 14.5. The lowest BCUT2D eigenvalue weighted by molar-refractivity contribution is -0.384. The predicted octanol–water partition coefficient (Wildman–Crippen LogP) is 6.61. The average Bonchev–Trinajstić information content (AvgIpc) is 3.35. The number of nitro benzene ring substituents is 1. The molecule has 0 amide bonds. The molecule has 1 spiro atoms. The normalized spacial score (nSPS) is 21.2. The van der Waals surface area contributed by atoms with Gasteiger partial charge in [-0.05, 0) is 57.1 Å². The third-order valence-corrected chi connectivity index (χ3v) is 9.55. The smallest absolute Gasteiger partial charge is 0.269 e. The van der Waals surface area contributed by atoms with Crippen molar-refractivity contribution >= 4 is 17.4 Å². The van der Waals surface area contributed by atoms with Gasteiger partial charge in [0.05, 0.1) is 21.8 Å². The van der Waals surface area contributed by atoms with Gasteiger partial charge in [0.2, 0.25) is 0 Å². The fraction of sp³-hybridized carbons (Fsp3) is 0.467. The highest BCUT2D eigenvalue weighted by molar-refractivity contribution is 7.98. The lowest BCUT2D eigenvalue weighted by atomic mass is 9.68. The number of thioether (sulfide) groups is 1. The number of non-ortho nitro benzene ring substituents is 1. The molecule has 8 heteroatoms. The molecule has 0 unspecified atom stereocenters. The minimum absolute atomic E-state index is 0.0130. The molecule has 0 bridgehead atoms. The van der Waals surface area contributed by atoms with Crippen LogP contribution in [-0.2, 0) is 22.3 Å². The maximum absolute atomic E-state index is 14.6. The molecular formula is C30H33N3O4S. The number of hydrogen-bond donors (Lipinski definition) is 0. The summed E-state index contributed by atoms with van der Waals surface area (Å²) in [6, 6.07) is 15.1. The van der Waals surface area contributed by atoms with Gasteiger partial charge in [-0.3, -0.25) is 19.5 Å². The van der Waals surface area contributed by atoms with Gasteiger partial charge in [-0.2, -0.15) is 0 Å². The number of nitrogens with zero attached hydrogens (tertiary/aromatic N) is 3. The third-order valence-electron chi connectivity index (χ3n) is 8.53. The Morgan fingerprint density at radius 2 is 1.87 bits per heavy atom. The summed E-state index contributed by atoms with van der Waals surface area (Å²) in [5, 5.41) is 11.8. The van der Waals surface area contributed by atoms with E-state index in [9.17, 15) is 14.9 Å². The lowest BCUT2D eigenvalue weighted by Crippen LogP contribution is -2.44. The van der Waals surface area contributed by atoms with E-state index in [0.717, 1.165) is 72.5 Å². The molecule has 1 aromatic heterocycles. The topological polar surface area (TPSA) is 87.3 Å². The number of nitro groups is 1. The fourth-order valence-corrected chi connectivity index (χ4v) is 7.74. The molecule has 7 nitrogen and oxygen atoms in total. The van der Waals surface area contributed by atoms with Crippen molar-refractivity contribution < 1.29 is 9.66 Å². The maximum Gasteiger partial charge on any atom is 0.269 e. The van der Waals surface area contributed by atoms with E-state index in [0.29, 0.717) is 12.4 Å². The molecule has 1 saturated carbocycles. The van der Waals surface area contributed by atoms with Crippen LogP contribution in [0.4, 0.5) is 5.69 Å². The molecule has 38 heavy (non-hydrogen) atoms. The molecule has 2 fully saturated rings. The second-order valence-corrected chi connectivity index (χ2v) is 12.5. The Labute approximate surface area is 226 Å². The van der Waals surface area contributed by atoms with E-state index in [1.54, 1.807) is 23.9 Å². The number of hydrogen-bond acceptors (Lipinski definition) is 6. The molecule has 0 N–H and O–H groups in total. The molecular weight excluding hydrogens is 498 g/mol. The van der Waals surface area contributed by atoms with Gasteiger partial charge in [0.25, 0.3) is 11.2 Å². The average molecular weight is 532 g/mol. The predicted molar refractivity (Wildman–Crippen MR) is 149 cm³/mol. The van der Waals surface area contributed by atoms with Crippen LogP contribution in [0, 0.1) is 10.1 Å². The van der Waals surface area contributed by atoms with Gasteiger partial charge in [-0.25, -0.2) is 4.98 Å². The van der Waals surface area contributed by atoms with Crippen molar-refractivity contribution in [2.75, 3.05) is 6.61 Å². The maximum atomic E-state index is 14.6. The molecule has 6 rings (SSSR count).